The first-order valence-electron chi connectivity index (χ1n) is 9.69. The van der Waals surface area contributed by atoms with Crippen LogP contribution in [0.1, 0.15) is 16.7 Å². The van der Waals surface area contributed by atoms with Gasteiger partial charge in [-0.1, -0.05) is 42.1 Å². The van der Waals surface area contributed by atoms with Crippen LogP contribution in [0.3, 0.4) is 0 Å². The first kappa shape index (κ1) is 21.6. The van der Waals surface area contributed by atoms with E-state index in [1.54, 1.807) is 13.2 Å². The van der Waals surface area contributed by atoms with Crippen molar-refractivity contribution in [3.05, 3.63) is 71.5 Å². The van der Waals surface area contributed by atoms with Crippen molar-refractivity contribution in [2.45, 2.75) is 25.9 Å². The number of imidazole rings is 1. The fraction of sp³-hybridized carbons (Fsp3) is 0.261. The fourth-order valence-electron chi connectivity index (χ4n) is 3.03. The van der Waals surface area contributed by atoms with Gasteiger partial charge in [-0.3, -0.25) is 14.2 Å². The number of nitrogens with zero attached hydrogens (tertiary/aromatic N) is 3. The summed E-state index contributed by atoms with van der Waals surface area (Å²) in [5, 5.41) is 3.63. The molecule has 1 heterocycles. The number of amides is 2. The molecule has 0 aliphatic carbocycles. The van der Waals surface area contributed by atoms with Gasteiger partial charge in [0, 0.05) is 25.1 Å². The van der Waals surface area contributed by atoms with Crippen LogP contribution in [0.15, 0.2) is 60.0 Å². The molecule has 0 aliphatic rings. The van der Waals surface area contributed by atoms with Gasteiger partial charge in [-0.25, -0.2) is 4.98 Å². The van der Waals surface area contributed by atoms with E-state index in [1.807, 2.05) is 74.0 Å². The lowest BCUT2D eigenvalue weighted by molar-refractivity contribution is -0.131. The van der Waals surface area contributed by atoms with Gasteiger partial charge in [-0.15, -0.1) is 0 Å². The summed E-state index contributed by atoms with van der Waals surface area (Å²) >= 11 is 1.36. The maximum absolute atomic E-state index is 12.6. The Balaban J connectivity index is 1.57. The summed E-state index contributed by atoms with van der Waals surface area (Å²) in [5.41, 5.74) is 5.07. The molecule has 0 unspecified atom stereocenters. The third-order valence-electron chi connectivity index (χ3n) is 4.99. The van der Waals surface area contributed by atoms with E-state index in [1.165, 1.54) is 16.7 Å². The molecule has 0 atom stereocenters. The quantitative estimate of drug-likeness (QED) is 0.585. The predicted molar refractivity (Wildman–Crippen MR) is 121 cm³/mol. The largest absolute Gasteiger partial charge is 0.336 e. The number of likely N-dealkylation sites (N-methyl/N-ethyl adjacent to an activating group) is 1. The van der Waals surface area contributed by atoms with Crippen molar-refractivity contribution in [1.29, 1.82) is 0 Å². The molecule has 6 nitrogen and oxygen atoms in total. The molecule has 0 fully saturated rings. The fourth-order valence-corrected chi connectivity index (χ4v) is 3.94. The van der Waals surface area contributed by atoms with Crippen molar-refractivity contribution in [3.8, 4) is 5.69 Å². The number of nitrogens with one attached hydrogen (secondary N) is 1. The summed E-state index contributed by atoms with van der Waals surface area (Å²) in [4.78, 5) is 30.7. The molecule has 1 N–H and O–H groups in total. The van der Waals surface area contributed by atoms with E-state index in [-0.39, 0.29) is 24.1 Å². The second-order valence-corrected chi connectivity index (χ2v) is 8.14. The van der Waals surface area contributed by atoms with Gasteiger partial charge in [-0.05, 0) is 49.6 Å². The minimum Gasteiger partial charge on any atom is -0.336 e. The average Bonchev–Trinajstić information content (AvgIpc) is 3.18. The number of hydrogen-bond donors (Lipinski definition) is 1. The molecule has 7 heteroatoms. The second kappa shape index (κ2) is 9.63. The molecule has 3 aromatic rings. The number of aromatic nitrogens is 2. The summed E-state index contributed by atoms with van der Waals surface area (Å²) in [7, 11) is 1.64. The molecule has 3 rings (SSSR count). The van der Waals surface area contributed by atoms with Crippen LogP contribution in [0.25, 0.3) is 5.69 Å². The van der Waals surface area contributed by atoms with E-state index >= 15 is 0 Å². The van der Waals surface area contributed by atoms with Gasteiger partial charge in [0.1, 0.15) is 0 Å². The maximum Gasteiger partial charge on any atom is 0.243 e. The average molecular weight is 423 g/mol. The molecular weight excluding hydrogens is 396 g/mol. The van der Waals surface area contributed by atoms with E-state index in [0.29, 0.717) is 0 Å². The molecule has 0 saturated carbocycles. The molecule has 2 aromatic carbocycles. The number of aryl methyl sites for hydroxylation is 2. The third kappa shape index (κ3) is 5.10. The lowest BCUT2D eigenvalue weighted by Gasteiger charge is -2.18. The summed E-state index contributed by atoms with van der Waals surface area (Å²) in [6, 6.07) is 13.8. The van der Waals surface area contributed by atoms with Crippen LogP contribution in [0, 0.1) is 20.8 Å². The molecule has 30 heavy (non-hydrogen) atoms. The Kier molecular flexibility index (Phi) is 6.95. The molecule has 0 aliphatic heterocycles. The number of para-hydroxylation sites is 1. The Morgan fingerprint density at radius 3 is 2.57 bits per heavy atom. The van der Waals surface area contributed by atoms with Gasteiger partial charge in [0.2, 0.25) is 11.8 Å². The highest BCUT2D eigenvalue weighted by molar-refractivity contribution is 7.99. The number of carbonyl (C=O) groups excluding carboxylic acids is 2. The molecule has 0 saturated heterocycles. The Morgan fingerprint density at radius 1 is 1.07 bits per heavy atom. The monoisotopic (exact) mass is 422 g/mol. The number of hydrogen-bond acceptors (Lipinski definition) is 4. The molecule has 0 radical (unpaired) electrons. The Labute approximate surface area is 181 Å². The number of carbonyl (C=O) groups is 2. The molecule has 156 valence electrons. The summed E-state index contributed by atoms with van der Waals surface area (Å²) in [6.07, 6.45) is 3.61. The SMILES string of the molecule is Cc1ccccc1-n1ccnc1SCC(=O)N(C)CC(=O)Nc1cccc(C)c1C. The molecule has 2 amide bonds. The van der Waals surface area contributed by atoms with Crippen LogP contribution in [0.2, 0.25) is 0 Å². The zero-order valence-electron chi connectivity index (χ0n) is 17.7. The van der Waals surface area contributed by atoms with Crippen molar-refractivity contribution >= 4 is 29.3 Å². The third-order valence-corrected chi connectivity index (χ3v) is 5.94. The smallest absolute Gasteiger partial charge is 0.243 e. The number of anilines is 1. The van der Waals surface area contributed by atoms with E-state index in [2.05, 4.69) is 10.3 Å². The highest BCUT2D eigenvalue weighted by Gasteiger charge is 2.16. The topological polar surface area (TPSA) is 67.2 Å². The van der Waals surface area contributed by atoms with Gasteiger partial charge in [0.15, 0.2) is 5.16 Å². The molecule has 1 aromatic heterocycles. The number of rotatable bonds is 7. The first-order valence-corrected chi connectivity index (χ1v) is 10.7. The predicted octanol–water partition coefficient (Wildman–Crippen LogP) is 3.99. The van der Waals surface area contributed by atoms with Gasteiger partial charge >= 0.3 is 0 Å². The zero-order chi connectivity index (χ0) is 21.7. The van der Waals surface area contributed by atoms with E-state index < -0.39 is 0 Å². The van der Waals surface area contributed by atoms with Crippen LogP contribution in [0.5, 0.6) is 0 Å². The minimum atomic E-state index is -0.217. The van der Waals surface area contributed by atoms with Crippen molar-refractivity contribution in [1.82, 2.24) is 14.5 Å². The lowest BCUT2D eigenvalue weighted by Crippen LogP contribution is -2.36. The van der Waals surface area contributed by atoms with Crippen molar-refractivity contribution < 1.29 is 9.59 Å². The highest BCUT2D eigenvalue weighted by atomic mass is 32.2. The van der Waals surface area contributed by atoms with Crippen LogP contribution in [0.4, 0.5) is 5.69 Å². The van der Waals surface area contributed by atoms with Gasteiger partial charge in [-0.2, -0.15) is 0 Å². The molecule has 0 bridgehead atoms. The van der Waals surface area contributed by atoms with E-state index in [0.717, 1.165) is 33.2 Å². The zero-order valence-corrected chi connectivity index (χ0v) is 18.5. The van der Waals surface area contributed by atoms with E-state index in [4.69, 9.17) is 0 Å². The Hall–Kier alpha value is -3.06. The molecule has 0 spiro atoms. The lowest BCUT2D eigenvalue weighted by atomic mass is 10.1. The van der Waals surface area contributed by atoms with Crippen molar-refractivity contribution in [3.63, 3.8) is 0 Å². The standard InChI is InChI=1S/C23H26N4O2S/c1-16-9-7-10-19(18(16)3)25-21(28)14-26(4)22(29)15-30-23-24-12-13-27(23)20-11-6-5-8-17(20)2/h5-13H,14-15H2,1-4H3,(H,25,28). The summed E-state index contributed by atoms with van der Waals surface area (Å²) < 4.78 is 1.97. The normalized spacial score (nSPS) is 10.7. The van der Waals surface area contributed by atoms with Crippen LogP contribution < -0.4 is 5.32 Å². The minimum absolute atomic E-state index is 0.000983. The van der Waals surface area contributed by atoms with Crippen molar-refractivity contribution in [2.24, 2.45) is 0 Å². The number of thioether (sulfide) groups is 1. The van der Waals surface area contributed by atoms with Crippen LogP contribution in [-0.2, 0) is 9.59 Å². The van der Waals surface area contributed by atoms with Gasteiger partial charge in [0.05, 0.1) is 18.0 Å². The summed E-state index contributed by atoms with van der Waals surface area (Å²) in [5.74, 6) is -0.141. The van der Waals surface area contributed by atoms with E-state index in [9.17, 15) is 9.59 Å². The van der Waals surface area contributed by atoms with Crippen LogP contribution >= 0.6 is 11.8 Å². The van der Waals surface area contributed by atoms with Gasteiger partial charge < -0.3 is 10.2 Å². The van der Waals surface area contributed by atoms with Gasteiger partial charge in [0.25, 0.3) is 0 Å². The van der Waals surface area contributed by atoms with Crippen molar-refractivity contribution in [2.75, 3.05) is 24.7 Å². The summed E-state index contributed by atoms with van der Waals surface area (Å²) in [6.45, 7) is 6.00. The number of benzene rings is 2. The maximum atomic E-state index is 12.6. The second-order valence-electron chi connectivity index (χ2n) is 7.20. The van der Waals surface area contributed by atoms with Crippen LogP contribution in [-0.4, -0.2) is 45.6 Å². The Morgan fingerprint density at radius 2 is 1.80 bits per heavy atom. The Bertz CT molecular complexity index is 1060. The highest BCUT2D eigenvalue weighted by Crippen LogP contribution is 2.23. The first-order chi connectivity index (χ1) is 14.4. The molecular formula is C23H26N4O2S.